The normalized spacial score (nSPS) is 19.3. The molecule has 4 rings (SSSR count). The lowest BCUT2D eigenvalue weighted by molar-refractivity contribution is -0.125. The van der Waals surface area contributed by atoms with Crippen molar-refractivity contribution in [2.75, 3.05) is 24.6 Å². The number of thiophene rings is 1. The van der Waals surface area contributed by atoms with Gasteiger partial charge in [-0.05, 0) is 30.7 Å². The van der Waals surface area contributed by atoms with Crippen LogP contribution in [0.3, 0.4) is 0 Å². The SMILES string of the molecule is CC1CCc2c(sc3ncnc(SCC(=O)NCCN4C(=O)CSC4=O)c23)C1. The molecule has 1 atom stereocenters. The summed E-state index contributed by atoms with van der Waals surface area (Å²) >= 11 is 4.16. The first-order valence-electron chi connectivity index (χ1n) is 9.14. The van der Waals surface area contributed by atoms with E-state index in [0.29, 0.717) is 5.92 Å². The molecule has 3 amide bonds. The van der Waals surface area contributed by atoms with Crippen LogP contribution in [0, 0.1) is 5.92 Å². The number of fused-ring (bicyclic) bond motifs is 3. The fourth-order valence-electron chi connectivity index (χ4n) is 3.44. The van der Waals surface area contributed by atoms with Crippen LogP contribution in [-0.4, -0.2) is 56.5 Å². The Kier molecular flexibility index (Phi) is 5.88. The maximum absolute atomic E-state index is 12.2. The second-order valence-electron chi connectivity index (χ2n) is 6.95. The summed E-state index contributed by atoms with van der Waals surface area (Å²) in [7, 11) is 0. The number of thioether (sulfide) groups is 2. The summed E-state index contributed by atoms with van der Waals surface area (Å²) in [6.07, 6.45) is 4.87. The third kappa shape index (κ3) is 4.04. The number of nitrogens with one attached hydrogen (secondary N) is 1. The Bertz CT molecular complexity index is 930. The van der Waals surface area contributed by atoms with Crippen molar-refractivity contribution in [3.05, 3.63) is 16.8 Å². The summed E-state index contributed by atoms with van der Waals surface area (Å²) in [5.74, 6) is 0.794. The highest BCUT2D eigenvalue weighted by Gasteiger charge is 2.29. The van der Waals surface area contributed by atoms with Crippen LogP contribution < -0.4 is 5.32 Å². The predicted molar refractivity (Wildman–Crippen MR) is 112 cm³/mol. The van der Waals surface area contributed by atoms with E-state index in [1.54, 1.807) is 17.7 Å². The molecule has 2 aromatic heterocycles. The largest absolute Gasteiger partial charge is 0.354 e. The van der Waals surface area contributed by atoms with Gasteiger partial charge in [-0.25, -0.2) is 9.97 Å². The van der Waals surface area contributed by atoms with Gasteiger partial charge in [0.1, 0.15) is 16.2 Å². The zero-order valence-corrected chi connectivity index (χ0v) is 17.8. The van der Waals surface area contributed by atoms with Crippen LogP contribution in [0.5, 0.6) is 0 Å². The first kappa shape index (κ1) is 19.7. The third-order valence-corrected chi connectivity index (χ3v) is 7.91. The Hall–Kier alpha value is -1.65. The molecule has 0 bridgehead atoms. The highest BCUT2D eigenvalue weighted by molar-refractivity contribution is 8.14. The van der Waals surface area contributed by atoms with Crippen molar-refractivity contribution in [2.24, 2.45) is 5.92 Å². The predicted octanol–water partition coefficient (Wildman–Crippen LogP) is 2.72. The molecule has 1 aliphatic heterocycles. The minimum Gasteiger partial charge on any atom is -0.354 e. The van der Waals surface area contributed by atoms with Crippen LogP contribution in [0.1, 0.15) is 23.8 Å². The fraction of sp³-hybridized carbons (Fsp3) is 0.500. The smallest absolute Gasteiger partial charge is 0.288 e. The molecule has 1 N–H and O–H groups in total. The quantitative estimate of drug-likeness (QED) is 0.550. The van der Waals surface area contributed by atoms with Crippen LogP contribution in [0.2, 0.25) is 0 Å². The molecule has 28 heavy (non-hydrogen) atoms. The zero-order chi connectivity index (χ0) is 19.7. The number of aromatic nitrogens is 2. The van der Waals surface area contributed by atoms with Crippen LogP contribution in [-0.2, 0) is 22.4 Å². The molecular formula is C18H20N4O3S3. The lowest BCUT2D eigenvalue weighted by Gasteiger charge is -2.18. The van der Waals surface area contributed by atoms with E-state index in [1.807, 2.05) is 0 Å². The molecule has 148 valence electrons. The van der Waals surface area contributed by atoms with E-state index in [1.165, 1.54) is 33.5 Å². The molecule has 0 spiro atoms. The van der Waals surface area contributed by atoms with Crippen molar-refractivity contribution in [3.63, 3.8) is 0 Å². The van der Waals surface area contributed by atoms with Gasteiger partial charge in [0, 0.05) is 23.4 Å². The number of nitrogens with zero attached hydrogens (tertiary/aromatic N) is 3. The highest BCUT2D eigenvalue weighted by atomic mass is 32.2. The van der Waals surface area contributed by atoms with E-state index < -0.39 is 0 Å². The van der Waals surface area contributed by atoms with Gasteiger partial charge in [0.25, 0.3) is 5.24 Å². The molecule has 0 aromatic carbocycles. The molecule has 10 heteroatoms. The van der Waals surface area contributed by atoms with Gasteiger partial charge < -0.3 is 5.32 Å². The summed E-state index contributed by atoms with van der Waals surface area (Å²) in [5, 5.41) is 4.50. The van der Waals surface area contributed by atoms with Gasteiger partial charge in [-0.3, -0.25) is 19.3 Å². The molecule has 1 saturated heterocycles. The van der Waals surface area contributed by atoms with E-state index >= 15 is 0 Å². The van der Waals surface area contributed by atoms with Crippen molar-refractivity contribution >= 4 is 62.1 Å². The van der Waals surface area contributed by atoms with Gasteiger partial charge in [0.2, 0.25) is 11.8 Å². The summed E-state index contributed by atoms with van der Waals surface area (Å²) in [6, 6.07) is 0. The lowest BCUT2D eigenvalue weighted by atomic mass is 9.89. The molecule has 0 saturated carbocycles. The van der Waals surface area contributed by atoms with Crippen molar-refractivity contribution in [1.82, 2.24) is 20.2 Å². The molecule has 2 aromatic rings. The van der Waals surface area contributed by atoms with Crippen molar-refractivity contribution in [3.8, 4) is 0 Å². The van der Waals surface area contributed by atoms with Crippen molar-refractivity contribution < 1.29 is 14.4 Å². The van der Waals surface area contributed by atoms with Gasteiger partial charge in [-0.1, -0.05) is 30.4 Å². The molecular weight excluding hydrogens is 416 g/mol. The Labute approximate surface area is 175 Å². The third-order valence-electron chi connectivity index (χ3n) is 4.90. The Morgan fingerprint density at radius 2 is 2.25 bits per heavy atom. The number of amides is 3. The molecule has 2 aliphatic rings. The number of imide groups is 1. The summed E-state index contributed by atoms with van der Waals surface area (Å²) < 4.78 is 0. The maximum Gasteiger partial charge on any atom is 0.288 e. The lowest BCUT2D eigenvalue weighted by Crippen LogP contribution is -2.38. The van der Waals surface area contributed by atoms with Crippen LogP contribution in [0.15, 0.2) is 11.4 Å². The summed E-state index contributed by atoms with van der Waals surface area (Å²) in [4.78, 5) is 47.7. The average molecular weight is 437 g/mol. The highest BCUT2D eigenvalue weighted by Crippen LogP contribution is 2.40. The van der Waals surface area contributed by atoms with Crippen LogP contribution in [0.25, 0.3) is 10.2 Å². The Balaban J connectivity index is 1.36. The van der Waals surface area contributed by atoms with Gasteiger partial charge >= 0.3 is 0 Å². The van der Waals surface area contributed by atoms with E-state index in [4.69, 9.17) is 0 Å². The number of carbonyl (C=O) groups excluding carboxylic acids is 3. The van der Waals surface area contributed by atoms with Crippen LogP contribution in [0.4, 0.5) is 4.79 Å². The Morgan fingerprint density at radius 3 is 3.04 bits per heavy atom. The number of hydrogen-bond donors (Lipinski definition) is 1. The average Bonchev–Trinajstić information content (AvgIpc) is 3.20. The van der Waals surface area contributed by atoms with Crippen molar-refractivity contribution in [1.29, 1.82) is 0 Å². The second-order valence-corrected chi connectivity index (χ2v) is 9.92. The monoisotopic (exact) mass is 436 g/mol. The standard InChI is InChI=1S/C18H20N4O3S3/c1-10-2-3-11-12(6-10)28-17-15(11)16(20-9-21-17)26-7-13(23)19-4-5-22-14(24)8-27-18(22)25/h9-10H,2-8H2,1H3,(H,19,23). The first-order chi connectivity index (χ1) is 13.5. The zero-order valence-electron chi connectivity index (χ0n) is 15.4. The maximum atomic E-state index is 12.2. The van der Waals surface area contributed by atoms with E-state index in [2.05, 4.69) is 22.2 Å². The van der Waals surface area contributed by atoms with Gasteiger partial charge in [-0.2, -0.15) is 0 Å². The minimum absolute atomic E-state index is 0.138. The minimum atomic E-state index is -0.242. The van der Waals surface area contributed by atoms with E-state index in [0.717, 1.165) is 39.8 Å². The van der Waals surface area contributed by atoms with Gasteiger partial charge in [0.15, 0.2) is 0 Å². The van der Waals surface area contributed by atoms with Gasteiger partial charge in [-0.15, -0.1) is 11.3 Å². The molecule has 1 aliphatic carbocycles. The fourth-order valence-corrected chi connectivity index (χ4v) is 6.47. The molecule has 1 unspecified atom stereocenters. The number of hydrogen-bond acceptors (Lipinski definition) is 8. The molecule has 7 nitrogen and oxygen atoms in total. The Morgan fingerprint density at radius 1 is 1.39 bits per heavy atom. The second kappa shape index (κ2) is 8.38. The molecule has 0 radical (unpaired) electrons. The number of rotatable bonds is 6. The summed E-state index contributed by atoms with van der Waals surface area (Å²) in [6.45, 7) is 2.76. The van der Waals surface area contributed by atoms with E-state index in [-0.39, 0.29) is 41.6 Å². The molecule has 3 heterocycles. The molecule has 1 fully saturated rings. The topological polar surface area (TPSA) is 92.3 Å². The van der Waals surface area contributed by atoms with Gasteiger partial charge in [0.05, 0.1) is 11.5 Å². The first-order valence-corrected chi connectivity index (χ1v) is 11.9. The number of carbonyl (C=O) groups is 3. The van der Waals surface area contributed by atoms with E-state index in [9.17, 15) is 14.4 Å². The van der Waals surface area contributed by atoms with Crippen molar-refractivity contribution in [2.45, 2.75) is 31.2 Å². The summed E-state index contributed by atoms with van der Waals surface area (Å²) in [5.41, 5.74) is 1.35. The van der Waals surface area contributed by atoms with Crippen LogP contribution >= 0.6 is 34.9 Å². The number of aryl methyl sites for hydroxylation is 1.